The van der Waals surface area contributed by atoms with Gasteiger partial charge in [0.2, 0.25) is 0 Å². The van der Waals surface area contributed by atoms with Crippen LogP contribution in [0.2, 0.25) is 0 Å². The molecule has 2 N–H and O–H groups in total. The van der Waals surface area contributed by atoms with Gasteiger partial charge in [0.1, 0.15) is 24.1 Å². The van der Waals surface area contributed by atoms with Gasteiger partial charge in [-0.1, -0.05) is 37.6 Å². The highest BCUT2D eigenvalue weighted by Gasteiger charge is 2.31. The molecular weight excluding hydrogens is 473 g/mol. The summed E-state index contributed by atoms with van der Waals surface area (Å²) in [5, 5.41) is 11.0. The van der Waals surface area contributed by atoms with Gasteiger partial charge in [-0.3, -0.25) is 13.8 Å². The molecule has 0 bridgehead atoms. The number of hydrogen-bond acceptors (Lipinski definition) is 6. The highest BCUT2D eigenvalue weighted by Crippen LogP contribution is 2.45. The van der Waals surface area contributed by atoms with Gasteiger partial charge in [-0.25, -0.2) is 4.57 Å². The van der Waals surface area contributed by atoms with Crippen LogP contribution in [0.15, 0.2) is 36.4 Å². The summed E-state index contributed by atoms with van der Waals surface area (Å²) in [5.74, 6) is 0.478. The smallest absolute Gasteiger partial charge is 0.472 e. The molecule has 2 atom stereocenters. The number of carbonyl (C=O) groups is 1. The minimum atomic E-state index is -4.38. The lowest BCUT2D eigenvalue weighted by Crippen LogP contribution is -2.42. The van der Waals surface area contributed by atoms with Crippen molar-refractivity contribution in [3.8, 4) is 11.5 Å². The fraction of sp³-hybridized carbons (Fsp3) is 0.560. The van der Waals surface area contributed by atoms with Crippen LogP contribution >= 0.6 is 7.82 Å². The third-order valence-corrected chi connectivity index (χ3v) is 6.16. The first kappa shape index (κ1) is 29.1. The van der Waals surface area contributed by atoms with Crippen LogP contribution in [-0.4, -0.2) is 74.1 Å². The van der Waals surface area contributed by atoms with Crippen LogP contribution in [0.5, 0.6) is 11.5 Å². The number of phosphoric acid groups is 1. The predicted molar refractivity (Wildman–Crippen MR) is 135 cm³/mol. The zero-order chi connectivity index (χ0) is 25.9. The number of unbranched alkanes of at least 4 members (excludes halogenated alkanes) is 2. The van der Waals surface area contributed by atoms with Gasteiger partial charge in [0, 0.05) is 10.8 Å². The van der Waals surface area contributed by atoms with Crippen molar-refractivity contribution in [3.05, 3.63) is 36.4 Å². The van der Waals surface area contributed by atoms with E-state index in [0.717, 1.165) is 35.1 Å². The molecule has 0 spiro atoms. The minimum Gasteiger partial charge on any atom is -0.493 e. The topological polar surface area (TPSA) is 112 Å². The molecule has 0 aliphatic heterocycles. The second-order valence-electron chi connectivity index (χ2n) is 9.46. The Morgan fingerprint density at radius 1 is 0.943 bits per heavy atom. The van der Waals surface area contributed by atoms with Gasteiger partial charge >= 0.3 is 13.8 Å². The zero-order valence-corrected chi connectivity index (χ0v) is 22.0. The molecule has 1 unspecified atom stereocenters. The van der Waals surface area contributed by atoms with Crippen LogP contribution in [0.4, 0.5) is 0 Å². The van der Waals surface area contributed by atoms with Crippen LogP contribution in [0, 0.1) is 0 Å². The van der Waals surface area contributed by atoms with E-state index in [9.17, 15) is 14.3 Å². The Kier molecular flexibility index (Phi) is 11.5. The molecule has 10 heteroatoms. The number of rotatable bonds is 17. The fourth-order valence-electron chi connectivity index (χ4n) is 3.56. The number of likely N-dealkylation sites (N-methyl/N-ethyl adjacent to an activating group) is 1. The molecule has 0 fully saturated rings. The molecule has 0 amide bonds. The quantitative estimate of drug-likeness (QED) is 0.176. The molecule has 9 nitrogen and oxygen atoms in total. The highest BCUT2D eigenvalue weighted by molar-refractivity contribution is 7.47. The summed E-state index contributed by atoms with van der Waals surface area (Å²) < 4.78 is 34.7. The zero-order valence-electron chi connectivity index (χ0n) is 21.1. The summed E-state index contributed by atoms with van der Waals surface area (Å²) in [6.07, 6.45) is 1.82. The summed E-state index contributed by atoms with van der Waals surface area (Å²) in [7, 11) is 1.16. The third-order valence-electron chi connectivity index (χ3n) is 5.08. The van der Waals surface area contributed by atoms with Crippen molar-refractivity contribution in [1.82, 2.24) is 0 Å². The van der Waals surface area contributed by atoms with E-state index in [1.165, 1.54) is 0 Å². The van der Waals surface area contributed by atoms with Gasteiger partial charge in [-0.05, 0) is 31.4 Å². The average molecular weight is 513 g/mol. The fourth-order valence-corrected chi connectivity index (χ4v) is 4.49. The molecule has 2 rings (SSSR count). The first-order valence-electron chi connectivity index (χ1n) is 12.0. The van der Waals surface area contributed by atoms with Crippen molar-refractivity contribution in [1.29, 1.82) is 0 Å². The maximum atomic E-state index is 12.3. The lowest BCUT2D eigenvalue weighted by Gasteiger charge is -2.29. The van der Waals surface area contributed by atoms with E-state index in [2.05, 4.69) is 6.92 Å². The maximum Gasteiger partial charge on any atom is 0.472 e. The first-order chi connectivity index (χ1) is 16.5. The van der Waals surface area contributed by atoms with Gasteiger partial charge < -0.3 is 24.0 Å². The molecule has 196 valence electrons. The average Bonchev–Trinajstić information content (AvgIpc) is 2.74. The number of nitrogens with zero attached hydrogens (tertiary/aromatic N) is 1. The lowest BCUT2D eigenvalue weighted by molar-refractivity contribution is -0.873. The number of carboxylic acids is 1. The summed E-state index contributed by atoms with van der Waals surface area (Å²) >= 11 is 0. The standard InChI is InChI=1S/C25H38NO8P/c1-5-6-15-31-23-13-9-12-22-21(23)11-10-14-24(22)32-16-7-8-17-33-35(29,30)34-20(18-25(27)28)19-26(2,3)4/h9-14,20H,5-8,15-19H2,1-4H3,(H-,27,28,29,30)/p+1/t20-/m1/s1. The molecule has 2 aromatic carbocycles. The summed E-state index contributed by atoms with van der Waals surface area (Å²) in [5.41, 5.74) is 0. The molecule has 0 saturated heterocycles. The van der Waals surface area contributed by atoms with E-state index in [0.29, 0.717) is 30.5 Å². The minimum absolute atomic E-state index is 0.00768. The van der Waals surface area contributed by atoms with Crippen molar-refractivity contribution in [2.45, 2.75) is 45.1 Å². The number of phosphoric ester groups is 1. The number of ether oxygens (including phenoxy) is 2. The Morgan fingerprint density at radius 3 is 2.00 bits per heavy atom. The second kappa shape index (κ2) is 13.8. The van der Waals surface area contributed by atoms with E-state index >= 15 is 0 Å². The van der Waals surface area contributed by atoms with E-state index in [4.69, 9.17) is 23.6 Å². The second-order valence-corrected chi connectivity index (χ2v) is 10.9. The number of hydrogen-bond donors (Lipinski definition) is 2. The summed E-state index contributed by atoms with van der Waals surface area (Å²) in [6.45, 7) is 3.45. The normalized spacial score (nSPS) is 14.4. The van der Waals surface area contributed by atoms with Crippen LogP contribution in [0.3, 0.4) is 0 Å². The monoisotopic (exact) mass is 512 g/mol. The largest absolute Gasteiger partial charge is 0.493 e. The van der Waals surface area contributed by atoms with Crippen molar-refractivity contribution >= 4 is 24.6 Å². The first-order valence-corrected chi connectivity index (χ1v) is 13.5. The van der Waals surface area contributed by atoms with E-state index in [1.54, 1.807) is 0 Å². The van der Waals surface area contributed by atoms with Crippen molar-refractivity contribution < 1.29 is 42.4 Å². The van der Waals surface area contributed by atoms with E-state index < -0.39 is 19.9 Å². The van der Waals surface area contributed by atoms with E-state index in [-0.39, 0.29) is 19.6 Å². The van der Waals surface area contributed by atoms with Crippen LogP contribution < -0.4 is 9.47 Å². The Morgan fingerprint density at radius 2 is 1.49 bits per heavy atom. The summed E-state index contributed by atoms with van der Waals surface area (Å²) in [6, 6.07) is 11.7. The van der Waals surface area contributed by atoms with Gasteiger partial charge in [-0.15, -0.1) is 0 Å². The molecule has 35 heavy (non-hydrogen) atoms. The maximum absolute atomic E-state index is 12.3. The lowest BCUT2D eigenvalue weighted by atomic mass is 10.1. The molecule has 0 aromatic heterocycles. The Balaban J connectivity index is 1.82. The van der Waals surface area contributed by atoms with Crippen molar-refractivity contribution in [2.24, 2.45) is 0 Å². The molecule has 0 radical (unpaired) electrons. The number of carboxylic acid groups (broad SMARTS) is 1. The van der Waals surface area contributed by atoms with Crippen LogP contribution in [0.1, 0.15) is 39.0 Å². The Hall–Kier alpha value is -2.16. The van der Waals surface area contributed by atoms with Gasteiger partial charge in [0.15, 0.2) is 0 Å². The molecule has 0 saturated carbocycles. The SMILES string of the molecule is CCCCOc1cccc2c(OCCCCOP(=O)(O)O[C@H](CC(=O)O)C[N+](C)(C)C)cccc12. The Bertz CT molecular complexity index is 991. The molecule has 2 aromatic rings. The van der Waals surface area contributed by atoms with Crippen LogP contribution in [-0.2, 0) is 18.4 Å². The third kappa shape index (κ3) is 11.0. The van der Waals surface area contributed by atoms with Crippen molar-refractivity contribution in [3.63, 3.8) is 0 Å². The molecule has 0 aliphatic carbocycles. The highest BCUT2D eigenvalue weighted by atomic mass is 31.2. The molecule has 0 heterocycles. The van der Waals surface area contributed by atoms with Gasteiger partial charge in [0.05, 0.1) is 47.4 Å². The van der Waals surface area contributed by atoms with Crippen molar-refractivity contribution in [2.75, 3.05) is 47.5 Å². The van der Waals surface area contributed by atoms with Gasteiger partial charge in [-0.2, -0.15) is 0 Å². The Labute approximate surface area is 207 Å². The van der Waals surface area contributed by atoms with Crippen LogP contribution in [0.25, 0.3) is 10.8 Å². The number of aliphatic carboxylic acids is 1. The number of fused-ring (bicyclic) bond motifs is 1. The van der Waals surface area contributed by atoms with Gasteiger partial charge in [0.25, 0.3) is 0 Å². The predicted octanol–water partition coefficient (Wildman–Crippen LogP) is 4.86. The van der Waals surface area contributed by atoms with E-state index in [1.807, 2.05) is 57.5 Å². The molecular formula is C25H39NO8P+. The summed E-state index contributed by atoms with van der Waals surface area (Å²) in [4.78, 5) is 21.1. The molecule has 0 aliphatic rings. The number of quaternary nitrogens is 1. The number of benzene rings is 2.